The largest absolute Gasteiger partial charge is 0.508 e. The van der Waals surface area contributed by atoms with Crippen LogP contribution in [0.1, 0.15) is 90.7 Å². The Morgan fingerprint density at radius 3 is 1.37 bits per heavy atom. The van der Waals surface area contributed by atoms with Gasteiger partial charge in [0.1, 0.15) is 54.1 Å². The van der Waals surface area contributed by atoms with E-state index in [4.69, 9.17) is 28.7 Å². The van der Waals surface area contributed by atoms with E-state index >= 15 is 0 Å². The van der Waals surface area contributed by atoms with Crippen LogP contribution >= 0.6 is 0 Å². The van der Waals surface area contributed by atoms with Crippen molar-refractivity contribution < 1.29 is 78.0 Å². The minimum absolute atomic E-state index is 0.00307. The number of aromatic hydroxyl groups is 1. The van der Waals surface area contributed by atoms with Gasteiger partial charge < -0.3 is 91.6 Å². The van der Waals surface area contributed by atoms with Gasteiger partial charge in [-0.1, -0.05) is 83.0 Å². The number of nitrogens with one attached hydrogen (secondary N) is 8. The molecule has 0 heterocycles. The van der Waals surface area contributed by atoms with Gasteiger partial charge in [-0.15, -0.1) is 0 Å². The van der Waals surface area contributed by atoms with Crippen LogP contribution in [-0.4, -0.2) is 164 Å². The highest BCUT2D eigenvalue weighted by Gasteiger charge is 2.38. The van der Waals surface area contributed by atoms with Crippen molar-refractivity contribution in [1.29, 1.82) is 0 Å². The topological polar surface area (TPSA) is 524 Å². The number of aliphatic hydroxyl groups is 1. The third-order valence-corrected chi connectivity index (χ3v) is 12.9. The molecule has 0 aliphatic carbocycles. The van der Waals surface area contributed by atoms with Crippen LogP contribution in [0, 0.1) is 11.8 Å². The molecule has 0 unspecified atom stereocenters. The summed E-state index contributed by atoms with van der Waals surface area (Å²) in [5.41, 5.74) is 27.9. The number of hydrogen-bond acceptors (Lipinski definition) is 16. The molecule has 452 valence electrons. The molecule has 0 bridgehead atoms. The van der Waals surface area contributed by atoms with Crippen LogP contribution in [0.4, 0.5) is 0 Å². The first-order chi connectivity index (χ1) is 38.5. The monoisotopic (exact) mass is 1150 g/mol. The third kappa shape index (κ3) is 24.2. The van der Waals surface area contributed by atoms with Gasteiger partial charge in [-0.3, -0.25) is 57.7 Å². The van der Waals surface area contributed by atoms with Crippen LogP contribution in [0.3, 0.4) is 0 Å². The number of aliphatic imine (C=N–C) groups is 1. The molecule has 0 spiro atoms. The molecule has 0 radical (unpaired) electrons. The van der Waals surface area contributed by atoms with E-state index in [1.165, 1.54) is 31.2 Å². The molecule has 30 heteroatoms. The van der Waals surface area contributed by atoms with E-state index in [2.05, 4.69) is 47.5 Å². The first kappa shape index (κ1) is 69.2. The number of hydrogen-bond donors (Lipinski definition) is 17. The van der Waals surface area contributed by atoms with E-state index in [0.717, 1.165) is 0 Å². The van der Waals surface area contributed by atoms with Gasteiger partial charge in [-0.2, -0.15) is 0 Å². The van der Waals surface area contributed by atoms with Crippen molar-refractivity contribution in [3.8, 4) is 5.75 Å². The van der Waals surface area contributed by atoms with Gasteiger partial charge >= 0.3 is 11.9 Å². The van der Waals surface area contributed by atoms with Crippen molar-refractivity contribution in [2.24, 2.45) is 45.5 Å². The normalized spacial score (nSPS) is 15.4. The Morgan fingerprint density at radius 2 is 0.915 bits per heavy atom. The number of phenols is 1. The van der Waals surface area contributed by atoms with Gasteiger partial charge in [-0.25, -0.2) is 4.79 Å². The molecule has 82 heavy (non-hydrogen) atoms. The molecule has 12 atom stereocenters. The summed E-state index contributed by atoms with van der Waals surface area (Å²) in [6.07, 6.45) is -4.42. The number of primary amides is 2. The predicted molar refractivity (Wildman–Crippen MR) is 293 cm³/mol. The number of nitrogens with zero attached hydrogens (tertiary/aromatic N) is 1. The number of aliphatic hydroxyl groups excluding tert-OH is 1. The third-order valence-electron chi connectivity index (χ3n) is 12.9. The van der Waals surface area contributed by atoms with Crippen LogP contribution in [0.2, 0.25) is 0 Å². The lowest BCUT2D eigenvalue weighted by Crippen LogP contribution is -2.63. The maximum absolute atomic E-state index is 14.4. The van der Waals surface area contributed by atoms with Crippen LogP contribution < -0.4 is 71.2 Å². The number of amides is 10. The lowest BCUT2D eigenvalue weighted by molar-refractivity contribution is -0.143. The second-order valence-corrected chi connectivity index (χ2v) is 19.7. The number of carbonyl (C=O) groups is 12. The molecule has 0 saturated heterocycles. The zero-order chi connectivity index (χ0) is 62.0. The van der Waals surface area contributed by atoms with E-state index in [9.17, 15) is 78.0 Å². The molecule has 2 rings (SSSR count). The van der Waals surface area contributed by atoms with E-state index < -0.39 is 163 Å². The fourth-order valence-corrected chi connectivity index (χ4v) is 7.91. The van der Waals surface area contributed by atoms with Crippen molar-refractivity contribution in [2.75, 3.05) is 6.54 Å². The Balaban J connectivity index is 2.57. The van der Waals surface area contributed by atoms with Gasteiger partial charge in [0.15, 0.2) is 5.96 Å². The van der Waals surface area contributed by atoms with Crippen LogP contribution in [-0.2, 0) is 70.4 Å². The lowest BCUT2D eigenvalue weighted by Gasteiger charge is -2.31. The average molecular weight is 1160 g/mol. The summed E-state index contributed by atoms with van der Waals surface area (Å²) in [7, 11) is 0. The number of carboxylic acids is 2. The van der Waals surface area contributed by atoms with E-state index in [1.807, 2.05) is 0 Å². The number of nitrogens with two attached hydrogens (primary N) is 5. The van der Waals surface area contributed by atoms with Gasteiger partial charge in [0, 0.05) is 19.4 Å². The molecule has 10 amide bonds. The Kier molecular flexibility index (Phi) is 28.9. The first-order valence-electron chi connectivity index (χ1n) is 26.2. The van der Waals surface area contributed by atoms with Gasteiger partial charge in [0.25, 0.3) is 0 Å². The summed E-state index contributed by atoms with van der Waals surface area (Å²) < 4.78 is 0. The average Bonchev–Trinajstić information content (AvgIpc) is 3.50. The molecule has 2 aromatic rings. The fraction of sp³-hybridized carbons (Fsp3) is 0.519. The molecule has 30 nitrogen and oxygen atoms in total. The summed E-state index contributed by atoms with van der Waals surface area (Å²) in [5, 5.41) is 59.4. The smallest absolute Gasteiger partial charge is 0.326 e. The quantitative estimate of drug-likeness (QED) is 0.0173. The van der Waals surface area contributed by atoms with Crippen molar-refractivity contribution in [3.63, 3.8) is 0 Å². The number of rotatable bonds is 36. The summed E-state index contributed by atoms with van der Waals surface area (Å²) in [6.45, 7) is 7.67. The summed E-state index contributed by atoms with van der Waals surface area (Å²) >= 11 is 0. The lowest BCUT2D eigenvalue weighted by atomic mass is 9.94. The number of carboxylic acid groups (broad SMARTS) is 2. The van der Waals surface area contributed by atoms with Crippen LogP contribution in [0.25, 0.3) is 0 Å². The Morgan fingerprint density at radius 1 is 0.500 bits per heavy atom. The maximum atomic E-state index is 14.4. The van der Waals surface area contributed by atoms with Crippen molar-refractivity contribution >= 4 is 77.0 Å². The molecule has 0 aliphatic heterocycles. The highest BCUT2D eigenvalue weighted by molar-refractivity contribution is 5.99. The Bertz CT molecular complexity index is 2580. The van der Waals surface area contributed by atoms with Crippen molar-refractivity contribution in [3.05, 3.63) is 65.7 Å². The minimum Gasteiger partial charge on any atom is -0.508 e. The van der Waals surface area contributed by atoms with Crippen molar-refractivity contribution in [1.82, 2.24) is 42.5 Å². The Hall–Kier alpha value is -8.93. The molecule has 2 aromatic carbocycles. The van der Waals surface area contributed by atoms with Gasteiger partial charge in [-0.05, 0) is 54.9 Å². The van der Waals surface area contributed by atoms with Crippen LogP contribution in [0.15, 0.2) is 59.6 Å². The van der Waals surface area contributed by atoms with Gasteiger partial charge in [0.2, 0.25) is 59.1 Å². The Labute approximate surface area is 472 Å². The maximum Gasteiger partial charge on any atom is 0.326 e. The zero-order valence-electron chi connectivity index (χ0n) is 46.2. The summed E-state index contributed by atoms with van der Waals surface area (Å²) in [6, 6.07) is -1.27. The van der Waals surface area contributed by atoms with E-state index in [-0.39, 0.29) is 56.8 Å². The second kappa shape index (κ2) is 34.3. The van der Waals surface area contributed by atoms with Gasteiger partial charge in [0.05, 0.1) is 31.4 Å². The highest BCUT2D eigenvalue weighted by atomic mass is 16.4. The zero-order valence-corrected chi connectivity index (χ0v) is 46.2. The standard InChI is InChI=1S/C52H78N14O16/c1-6-25(3)40(64-49(79)41(26(4)7-2)65-50(80)42(27(5)67)66-43(73)31(53)22-37(54)69)48(78)59-32(14-11-19-58-52(56)57)44(74)62-35(24-39(71)72)47(77)61-33(20-28-12-9-8-10-13-28)45(75)60-34(21-29-15-17-30(68)18-16-29)46(76)63-36(51(81)82)23-38(55)70/h8-10,12-13,15-18,25-27,31-36,40-42,67-68H,6-7,11,14,19-24,53H2,1-5H3,(H2,54,69)(H2,55,70)(H,59,78)(H,60,75)(H,61,77)(H,62,74)(H,63,76)(H,64,79)(H,65,80)(H,66,73)(H,71,72)(H,81,82)(H4,56,57,58)/t25-,26-,27+,31-,32-,33-,34-,35-,36-,40-,41-,42-/m0/s1. The van der Waals surface area contributed by atoms with Crippen LogP contribution in [0.5, 0.6) is 5.75 Å². The number of phenolic OH excluding ortho intramolecular Hbond substituents is 1. The van der Waals surface area contributed by atoms with E-state index in [1.54, 1.807) is 58.0 Å². The molecule has 0 saturated carbocycles. The summed E-state index contributed by atoms with van der Waals surface area (Å²) in [4.78, 5) is 163. The molecular formula is C52H78N14O16. The predicted octanol–water partition coefficient (Wildman–Crippen LogP) is -4.78. The molecule has 0 fully saturated rings. The number of benzene rings is 2. The molecule has 22 N–H and O–H groups in total. The first-order valence-corrected chi connectivity index (χ1v) is 26.2. The van der Waals surface area contributed by atoms with Crippen molar-refractivity contribution in [2.45, 2.75) is 153 Å². The molecule has 0 aromatic heterocycles. The SMILES string of the molecule is CC[C@H](C)[C@H](NC(=O)[C@@H](NC(=O)[C@@H](N)CC(N)=O)[C@@H](C)O)C(=O)N[C@H](C(=O)N[C@@H](CCCN=C(N)N)C(=O)N[C@@H](CC(=O)O)C(=O)N[C@@H](Cc1ccccc1)C(=O)N[C@@H](Cc1ccc(O)cc1)C(=O)N[C@@H](CC(N)=O)C(=O)O)[C@@H](C)CC. The number of carbonyl (C=O) groups excluding carboxylic acids is 10. The number of guanidine groups is 1. The molecule has 0 aliphatic rings. The summed E-state index contributed by atoms with van der Waals surface area (Å²) in [5.74, 6) is -15.4. The minimum atomic E-state index is -1.98. The number of aliphatic carboxylic acids is 2. The highest BCUT2D eigenvalue weighted by Crippen LogP contribution is 2.16. The molecular weight excluding hydrogens is 1080 g/mol. The second-order valence-electron chi connectivity index (χ2n) is 19.7. The van der Waals surface area contributed by atoms with E-state index in [0.29, 0.717) is 11.1 Å². The fourth-order valence-electron chi connectivity index (χ4n) is 7.91.